The summed E-state index contributed by atoms with van der Waals surface area (Å²) in [6.07, 6.45) is 1.72. The highest BCUT2D eigenvalue weighted by molar-refractivity contribution is 5.80. The van der Waals surface area contributed by atoms with E-state index in [9.17, 15) is 0 Å². The van der Waals surface area contributed by atoms with E-state index in [-0.39, 0.29) is 6.61 Å². The molecule has 0 aliphatic heterocycles. The third kappa shape index (κ3) is 3.25. The van der Waals surface area contributed by atoms with E-state index in [0.29, 0.717) is 6.54 Å². The summed E-state index contributed by atoms with van der Waals surface area (Å²) in [5.41, 5.74) is 0.979. The van der Waals surface area contributed by atoms with Crippen LogP contribution in [-0.4, -0.2) is 31.6 Å². The second kappa shape index (κ2) is 5.32. The van der Waals surface area contributed by atoms with Crippen LogP contribution in [0.5, 0.6) is 5.75 Å². The van der Waals surface area contributed by atoms with E-state index in [2.05, 4.69) is 4.99 Å². The molecule has 0 bridgehead atoms. The Labute approximate surface area is 77.7 Å². The molecule has 1 rings (SSSR count). The van der Waals surface area contributed by atoms with Crippen molar-refractivity contribution in [2.24, 2.45) is 4.99 Å². The van der Waals surface area contributed by atoms with E-state index in [4.69, 9.17) is 9.84 Å². The van der Waals surface area contributed by atoms with Crippen LogP contribution in [-0.2, 0) is 0 Å². The second-order valence-electron chi connectivity index (χ2n) is 2.54. The van der Waals surface area contributed by atoms with Gasteiger partial charge in [-0.1, -0.05) is 12.1 Å². The van der Waals surface area contributed by atoms with Crippen molar-refractivity contribution in [3.8, 4) is 5.75 Å². The lowest BCUT2D eigenvalue weighted by Crippen LogP contribution is -1.90. The zero-order chi connectivity index (χ0) is 9.52. The molecule has 13 heavy (non-hydrogen) atoms. The number of aliphatic imine (C=N–C) groups is 1. The maximum absolute atomic E-state index is 8.51. The molecule has 1 N–H and O–H groups in total. The van der Waals surface area contributed by atoms with Crippen LogP contribution in [0.3, 0.4) is 0 Å². The Morgan fingerprint density at radius 3 is 3.08 bits per heavy atom. The zero-order valence-electron chi connectivity index (χ0n) is 7.60. The number of hydrogen-bond acceptors (Lipinski definition) is 3. The van der Waals surface area contributed by atoms with E-state index in [1.807, 2.05) is 24.3 Å². The molecule has 0 saturated heterocycles. The molecule has 3 heteroatoms. The van der Waals surface area contributed by atoms with Crippen molar-refractivity contribution in [1.29, 1.82) is 0 Å². The molecule has 3 nitrogen and oxygen atoms in total. The highest BCUT2D eigenvalue weighted by Gasteiger charge is 1.90. The lowest BCUT2D eigenvalue weighted by Gasteiger charge is -1.99. The molecule has 0 aliphatic rings. The number of rotatable bonds is 4. The Balaban J connectivity index is 2.66. The third-order valence-electron chi connectivity index (χ3n) is 1.56. The largest absolute Gasteiger partial charge is 0.497 e. The normalized spacial score (nSPS) is 10.6. The fourth-order valence-electron chi connectivity index (χ4n) is 0.950. The van der Waals surface area contributed by atoms with Crippen LogP contribution >= 0.6 is 0 Å². The molecule has 1 aromatic rings. The van der Waals surface area contributed by atoms with Gasteiger partial charge in [-0.25, -0.2) is 0 Å². The molecule has 0 aromatic heterocycles. The minimum Gasteiger partial charge on any atom is -0.497 e. The van der Waals surface area contributed by atoms with E-state index < -0.39 is 0 Å². The highest BCUT2D eigenvalue weighted by atomic mass is 16.5. The van der Waals surface area contributed by atoms with Crippen molar-refractivity contribution >= 4 is 6.21 Å². The number of nitrogens with zero attached hydrogens (tertiary/aromatic N) is 1. The van der Waals surface area contributed by atoms with Gasteiger partial charge in [-0.2, -0.15) is 0 Å². The van der Waals surface area contributed by atoms with E-state index in [0.717, 1.165) is 11.3 Å². The van der Waals surface area contributed by atoms with Gasteiger partial charge in [0, 0.05) is 6.21 Å². The van der Waals surface area contributed by atoms with Crippen LogP contribution in [0.25, 0.3) is 0 Å². The standard InChI is InChI=1S/C10H13NO2/c1-13-10-4-2-3-9(7-10)8-11-5-6-12/h2-4,7-8,12H,5-6H2,1H3/b11-8+. The van der Waals surface area contributed by atoms with Gasteiger partial charge in [0.2, 0.25) is 0 Å². The number of hydrogen-bond donors (Lipinski definition) is 1. The Morgan fingerprint density at radius 1 is 1.54 bits per heavy atom. The van der Waals surface area contributed by atoms with Crippen molar-refractivity contribution in [1.82, 2.24) is 0 Å². The van der Waals surface area contributed by atoms with E-state index >= 15 is 0 Å². The number of benzene rings is 1. The van der Waals surface area contributed by atoms with Crippen molar-refractivity contribution < 1.29 is 9.84 Å². The van der Waals surface area contributed by atoms with Crippen LogP contribution in [0.2, 0.25) is 0 Å². The van der Waals surface area contributed by atoms with Crippen LogP contribution < -0.4 is 4.74 Å². The maximum Gasteiger partial charge on any atom is 0.119 e. The quantitative estimate of drug-likeness (QED) is 0.703. The van der Waals surface area contributed by atoms with Crippen molar-refractivity contribution in [3.63, 3.8) is 0 Å². The first-order chi connectivity index (χ1) is 6.36. The fraction of sp³-hybridized carbons (Fsp3) is 0.300. The summed E-state index contributed by atoms with van der Waals surface area (Å²) >= 11 is 0. The molecule has 0 unspecified atom stereocenters. The predicted molar refractivity (Wildman–Crippen MR) is 52.5 cm³/mol. The van der Waals surface area contributed by atoms with Gasteiger partial charge in [-0.15, -0.1) is 0 Å². The Morgan fingerprint density at radius 2 is 2.38 bits per heavy atom. The van der Waals surface area contributed by atoms with E-state index in [1.54, 1.807) is 13.3 Å². The molecule has 0 fully saturated rings. The predicted octanol–water partition coefficient (Wildman–Crippen LogP) is 1.11. The maximum atomic E-state index is 8.51. The van der Waals surface area contributed by atoms with Crippen molar-refractivity contribution in [2.45, 2.75) is 0 Å². The topological polar surface area (TPSA) is 41.8 Å². The molecule has 0 amide bonds. The lowest BCUT2D eigenvalue weighted by molar-refractivity contribution is 0.307. The van der Waals surface area contributed by atoms with Crippen molar-refractivity contribution in [3.05, 3.63) is 29.8 Å². The SMILES string of the molecule is COc1cccc(/C=N/CCO)c1. The number of methoxy groups -OCH3 is 1. The molecular weight excluding hydrogens is 166 g/mol. The molecule has 70 valence electrons. The summed E-state index contributed by atoms with van der Waals surface area (Å²) in [6.45, 7) is 0.525. The van der Waals surface area contributed by atoms with Gasteiger partial charge in [-0.3, -0.25) is 4.99 Å². The van der Waals surface area contributed by atoms with Crippen molar-refractivity contribution in [2.75, 3.05) is 20.3 Å². The molecule has 0 radical (unpaired) electrons. The average molecular weight is 179 g/mol. The first kappa shape index (κ1) is 9.74. The summed E-state index contributed by atoms with van der Waals surface area (Å²) < 4.78 is 5.05. The van der Waals surface area contributed by atoms with Crippen LogP contribution in [0, 0.1) is 0 Å². The van der Waals surface area contributed by atoms with Crippen LogP contribution in [0.1, 0.15) is 5.56 Å². The van der Waals surface area contributed by atoms with E-state index in [1.165, 1.54) is 0 Å². The van der Waals surface area contributed by atoms with Gasteiger partial charge in [0.1, 0.15) is 5.75 Å². The second-order valence-corrected chi connectivity index (χ2v) is 2.54. The number of aliphatic hydroxyl groups is 1. The molecule has 0 heterocycles. The molecule has 0 spiro atoms. The highest BCUT2D eigenvalue weighted by Crippen LogP contribution is 2.10. The summed E-state index contributed by atoms with van der Waals surface area (Å²) in [4.78, 5) is 4.00. The monoisotopic (exact) mass is 179 g/mol. The Hall–Kier alpha value is -1.35. The lowest BCUT2D eigenvalue weighted by atomic mass is 10.2. The Kier molecular flexibility index (Phi) is 3.99. The summed E-state index contributed by atoms with van der Waals surface area (Å²) in [7, 11) is 1.63. The van der Waals surface area contributed by atoms with Gasteiger partial charge in [-0.05, 0) is 17.7 Å². The van der Waals surface area contributed by atoms with Gasteiger partial charge >= 0.3 is 0 Å². The first-order valence-corrected chi connectivity index (χ1v) is 4.11. The molecular formula is C10H13NO2. The molecule has 0 atom stereocenters. The minimum absolute atomic E-state index is 0.0838. The smallest absolute Gasteiger partial charge is 0.119 e. The molecule has 0 saturated carbocycles. The number of ether oxygens (including phenoxy) is 1. The third-order valence-corrected chi connectivity index (χ3v) is 1.56. The summed E-state index contributed by atoms with van der Waals surface area (Å²) in [5, 5.41) is 8.51. The van der Waals surface area contributed by atoms with Gasteiger partial charge in [0.25, 0.3) is 0 Å². The summed E-state index contributed by atoms with van der Waals surface area (Å²) in [5.74, 6) is 0.813. The first-order valence-electron chi connectivity index (χ1n) is 4.11. The van der Waals surface area contributed by atoms with Crippen LogP contribution in [0.4, 0.5) is 0 Å². The molecule has 0 aliphatic carbocycles. The minimum atomic E-state index is 0.0838. The van der Waals surface area contributed by atoms with Gasteiger partial charge < -0.3 is 9.84 Å². The number of aliphatic hydroxyl groups excluding tert-OH is 1. The fourth-order valence-corrected chi connectivity index (χ4v) is 0.950. The van der Waals surface area contributed by atoms with Gasteiger partial charge in [0.05, 0.1) is 20.3 Å². The van der Waals surface area contributed by atoms with Crippen LogP contribution in [0.15, 0.2) is 29.3 Å². The average Bonchev–Trinajstić information content (AvgIpc) is 2.19. The zero-order valence-corrected chi connectivity index (χ0v) is 7.60. The summed E-state index contributed by atoms with van der Waals surface area (Å²) in [6, 6.07) is 7.60. The van der Waals surface area contributed by atoms with Gasteiger partial charge in [0.15, 0.2) is 0 Å². The Bertz CT molecular complexity index is 284. The molecule has 1 aromatic carbocycles.